The van der Waals surface area contributed by atoms with Crippen molar-refractivity contribution in [3.05, 3.63) is 29.3 Å². The van der Waals surface area contributed by atoms with Crippen molar-refractivity contribution < 1.29 is 13.6 Å². The number of nitrogens with two attached hydrogens (primary N) is 1. The van der Waals surface area contributed by atoms with E-state index in [1.54, 1.807) is 4.90 Å². The van der Waals surface area contributed by atoms with Crippen LogP contribution in [0.5, 0.6) is 0 Å². The van der Waals surface area contributed by atoms with Crippen LogP contribution in [0.4, 0.5) is 14.5 Å². The highest BCUT2D eigenvalue weighted by Crippen LogP contribution is 2.27. The van der Waals surface area contributed by atoms with Crippen LogP contribution in [0.1, 0.15) is 23.2 Å². The molecule has 16 heavy (non-hydrogen) atoms. The predicted molar refractivity (Wildman–Crippen MR) is 56.3 cm³/mol. The third kappa shape index (κ3) is 1.73. The molecule has 1 aromatic carbocycles. The molecule has 5 heteroatoms. The van der Waals surface area contributed by atoms with Gasteiger partial charge in [-0.1, -0.05) is 0 Å². The summed E-state index contributed by atoms with van der Waals surface area (Å²) in [7, 11) is 0. The van der Waals surface area contributed by atoms with E-state index in [9.17, 15) is 13.6 Å². The van der Waals surface area contributed by atoms with Gasteiger partial charge in [0, 0.05) is 13.1 Å². The van der Waals surface area contributed by atoms with Crippen molar-refractivity contribution in [2.24, 2.45) is 5.73 Å². The van der Waals surface area contributed by atoms with Gasteiger partial charge in [0.15, 0.2) is 5.82 Å². The Kier molecular flexibility index (Phi) is 2.77. The van der Waals surface area contributed by atoms with Gasteiger partial charge in [0.05, 0.1) is 5.69 Å². The highest BCUT2D eigenvalue weighted by molar-refractivity contribution is 5.94. The maximum absolute atomic E-state index is 13.9. The average molecular weight is 226 g/mol. The monoisotopic (exact) mass is 226 g/mol. The third-order valence-electron chi connectivity index (χ3n) is 2.76. The molecule has 0 spiro atoms. The molecule has 1 saturated heterocycles. The number of hydrogen-bond acceptors (Lipinski definition) is 2. The Hall–Kier alpha value is -1.65. The second-order valence-electron chi connectivity index (χ2n) is 3.81. The topological polar surface area (TPSA) is 46.3 Å². The Morgan fingerprint density at radius 3 is 2.44 bits per heavy atom. The molecule has 0 bridgehead atoms. The smallest absolute Gasteiger partial charge is 0.254 e. The van der Waals surface area contributed by atoms with Gasteiger partial charge in [-0.05, 0) is 25.0 Å². The van der Waals surface area contributed by atoms with E-state index < -0.39 is 23.1 Å². The van der Waals surface area contributed by atoms with Crippen LogP contribution in [0.3, 0.4) is 0 Å². The second-order valence-corrected chi connectivity index (χ2v) is 3.81. The van der Waals surface area contributed by atoms with Crippen molar-refractivity contribution in [2.75, 3.05) is 18.0 Å². The molecule has 2 rings (SSSR count). The molecule has 1 amide bonds. The van der Waals surface area contributed by atoms with E-state index in [0.29, 0.717) is 0 Å². The van der Waals surface area contributed by atoms with Crippen molar-refractivity contribution in [1.82, 2.24) is 0 Å². The van der Waals surface area contributed by atoms with Crippen LogP contribution in [-0.4, -0.2) is 19.0 Å². The van der Waals surface area contributed by atoms with Crippen molar-refractivity contribution in [3.8, 4) is 0 Å². The van der Waals surface area contributed by atoms with Gasteiger partial charge in [-0.2, -0.15) is 0 Å². The van der Waals surface area contributed by atoms with Gasteiger partial charge >= 0.3 is 0 Å². The number of rotatable bonds is 2. The average Bonchev–Trinajstić information content (AvgIpc) is 2.70. The fourth-order valence-corrected chi connectivity index (χ4v) is 1.97. The number of nitrogens with zero attached hydrogens (tertiary/aromatic N) is 1. The zero-order valence-electron chi connectivity index (χ0n) is 8.67. The number of amides is 1. The summed E-state index contributed by atoms with van der Waals surface area (Å²) in [5.74, 6) is -2.83. The van der Waals surface area contributed by atoms with Crippen molar-refractivity contribution in [2.45, 2.75) is 12.8 Å². The van der Waals surface area contributed by atoms with E-state index in [1.165, 1.54) is 6.07 Å². The summed E-state index contributed by atoms with van der Waals surface area (Å²) in [6.07, 6.45) is 1.95. The fraction of sp³-hybridized carbons (Fsp3) is 0.364. The molecule has 0 aliphatic carbocycles. The van der Waals surface area contributed by atoms with E-state index in [2.05, 4.69) is 0 Å². The van der Waals surface area contributed by atoms with Crippen LogP contribution in [0.15, 0.2) is 12.1 Å². The van der Waals surface area contributed by atoms with E-state index >= 15 is 0 Å². The maximum Gasteiger partial charge on any atom is 0.254 e. The lowest BCUT2D eigenvalue weighted by Crippen LogP contribution is -2.22. The molecule has 0 aromatic heterocycles. The number of benzene rings is 1. The first-order valence-corrected chi connectivity index (χ1v) is 5.14. The molecule has 1 heterocycles. The van der Waals surface area contributed by atoms with Crippen molar-refractivity contribution in [1.29, 1.82) is 0 Å². The first-order chi connectivity index (χ1) is 7.61. The third-order valence-corrected chi connectivity index (χ3v) is 2.76. The number of anilines is 1. The lowest BCUT2D eigenvalue weighted by molar-refractivity contribution is 0.0992. The fourth-order valence-electron chi connectivity index (χ4n) is 1.97. The Morgan fingerprint density at radius 1 is 1.25 bits per heavy atom. The van der Waals surface area contributed by atoms with Crippen LogP contribution in [0.2, 0.25) is 0 Å². The van der Waals surface area contributed by atoms with E-state index in [1.807, 2.05) is 0 Å². The van der Waals surface area contributed by atoms with Gasteiger partial charge in [-0.15, -0.1) is 0 Å². The summed E-state index contributed by atoms with van der Waals surface area (Å²) in [4.78, 5) is 12.7. The van der Waals surface area contributed by atoms with Crippen LogP contribution in [-0.2, 0) is 0 Å². The van der Waals surface area contributed by atoms with Crippen LogP contribution < -0.4 is 10.6 Å². The molecule has 86 valence electrons. The van der Waals surface area contributed by atoms with Crippen LogP contribution >= 0.6 is 0 Å². The number of carbonyl (C=O) groups excluding carboxylic acids is 1. The molecule has 1 aliphatic rings. The predicted octanol–water partition coefficient (Wildman–Crippen LogP) is 1.66. The Bertz CT molecular complexity index is 428. The number of hydrogen-bond donors (Lipinski definition) is 1. The first kappa shape index (κ1) is 10.9. The highest BCUT2D eigenvalue weighted by atomic mass is 19.1. The van der Waals surface area contributed by atoms with Gasteiger partial charge < -0.3 is 10.6 Å². The lowest BCUT2D eigenvalue weighted by Gasteiger charge is -2.19. The number of primary amides is 1. The summed E-state index contributed by atoms with van der Waals surface area (Å²) in [6.45, 7) is 1.45. The molecule has 0 unspecified atom stereocenters. The van der Waals surface area contributed by atoms with Gasteiger partial charge in [0.2, 0.25) is 0 Å². The van der Waals surface area contributed by atoms with E-state index in [4.69, 9.17) is 5.73 Å². The standard InChI is InChI=1S/C11H12F2N2O/c12-7-3-4-8(15-5-1-2-6-15)10(13)9(7)11(14)16/h3-4H,1-2,5-6H2,(H2,14,16). The molecule has 2 N–H and O–H groups in total. The largest absolute Gasteiger partial charge is 0.369 e. The Labute approximate surface area is 91.8 Å². The second kappa shape index (κ2) is 4.08. The molecular formula is C11H12F2N2O. The van der Waals surface area contributed by atoms with Crippen LogP contribution in [0, 0.1) is 11.6 Å². The molecule has 0 atom stereocenters. The van der Waals surface area contributed by atoms with Gasteiger partial charge in [0.25, 0.3) is 5.91 Å². The molecular weight excluding hydrogens is 214 g/mol. The molecule has 1 aromatic rings. The summed E-state index contributed by atoms with van der Waals surface area (Å²) in [6, 6.07) is 2.43. The molecule has 1 fully saturated rings. The SMILES string of the molecule is NC(=O)c1c(F)ccc(N2CCCC2)c1F. The lowest BCUT2D eigenvalue weighted by atomic mass is 10.1. The molecule has 1 aliphatic heterocycles. The minimum atomic E-state index is -1.07. The van der Waals surface area contributed by atoms with Gasteiger partial charge in [-0.25, -0.2) is 8.78 Å². The maximum atomic E-state index is 13.9. The summed E-state index contributed by atoms with van der Waals surface area (Å²) in [5, 5.41) is 0. The zero-order valence-corrected chi connectivity index (χ0v) is 8.67. The van der Waals surface area contributed by atoms with Gasteiger partial charge in [-0.3, -0.25) is 4.79 Å². The summed E-state index contributed by atoms with van der Waals surface area (Å²) >= 11 is 0. The summed E-state index contributed by atoms with van der Waals surface area (Å²) in [5.41, 5.74) is 4.55. The number of halogens is 2. The normalized spacial score (nSPS) is 15.5. The van der Waals surface area contributed by atoms with Gasteiger partial charge in [0.1, 0.15) is 11.4 Å². The van der Waals surface area contributed by atoms with Crippen LogP contribution in [0.25, 0.3) is 0 Å². The summed E-state index contributed by atoms with van der Waals surface area (Å²) < 4.78 is 27.1. The molecule has 0 saturated carbocycles. The quantitative estimate of drug-likeness (QED) is 0.833. The van der Waals surface area contributed by atoms with Crippen molar-refractivity contribution in [3.63, 3.8) is 0 Å². The zero-order chi connectivity index (χ0) is 11.7. The number of carbonyl (C=O) groups is 1. The molecule has 3 nitrogen and oxygen atoms in total. The highest BCUT2D eigenvalue weighted by Gasteiger charge is 2.22. The van der Waals surface area contributed by atoms with Crippen molar-refractivity contribution >= 4 is 11.6 Å². The Morgan fingerprint density at radius 2 is 1.88 bits per heavy atom. The first-order valence-electron chi connectivity index (χ1n) is 5.14. The van der Waals surface area contributed by atoms with E-state index in [-0.39, 0.29) is 5.69 Å². The minimum absolute atomic E-state index is 0.257. The minimum Gasteiger partial charge on any atom is -0.369 e. The van der Waals surface area contributed by atoms with E-state index in [0.717, 1.165) is 32.0 Å². The molecule has 0 radical (unpaired) electrons. The Balaban J connectivity index is 2.47.